The molecule has 21 heavy (non-hydrogen) atoms. The average Bonchev–Trinajstić information content (AvgIpc) is 2.93. The van der Waals surface area contributed by atoms with E-state index < -0.39 is 0 Å². The molecule has 0 aliphatic heterocycles. The summed E-state index contributed by atoms with van der Waals surface area (Å²) in [6.07, 6.45) is 3.57. The third-order valence-corrected chi connectivity index (χ3v) is 4.32. The van der Waals surface area contributed by atoms with Crippen LogP contribution in [-0.4, -0.2) is 21.0 Å². The highest BCUT2D eigenvalue weighted by molar-refractivity contribution is 7.17. The zero-order valence-corrected chi connectivity index (χ0v) is 13.0. The van der Waals surface area contributed by atoms with Gasteiger partial charge in [0.05, 0.1) is 10.2 Å². The van der Waals surface area contributed by atoms with Crippen LogP contribution in [0.1, 0.15) is 24.7 Å². The molecule has 108 valence electrons. The Morgan fingerprint density at radius 2 is 2.14 bits per heavy atom. The SMILES string of the molecule is CCC(N)Cc1cc(C)nc(-c2cnc3ccsc3c2)n1. The lowest BCUT2D eigenvalue weighted by molar-refractivity contribution is 0.635. The van der Waals surface area contributed by atoms with Gasteiger partial charge in [0.25, 0.3) is 0 Å². The lowest BCUT2D eigenvalue weighted by Crippen LogP contribution is -2.22. The van der Waals surface area contributed by atoms with Gasteiger partial charge >= 0.3 is 0 Å². The Morgan fingerprint density at radius 3 is 2.95 bits per heavy atom. The molecule has 0 aliphatic carbocycles. The molecule has 3 aromatic rings. The summed E-state index contributed by atoms with van der Waals surface area (Å²) in [5, 5.41) is 2.05. The molecule has 0 fully saturated rings. The highest BCUT2D eigenvalue weighted by Crippen LogP contribution is 2.24. The molecule has 4 nitrogen and oxygen atoms in total. The molecule has 1 atom stereocenters. The number of nitrogens with zero attached hydrogens (tertiary/aromatic N) is 3. The van der Waals surface area contributed by atoms with E-state index in [0.29, 0.717) is 0 Å². The van der Waals surface area contributed by atoms with Crippen molar-refractivity contribution in [3.63, 3.8) is 0 Å². The number of fused-ring (bicyclic) bond motifs is 1. The normalized spacial score (nSPS) is 12.7. The van der Waals surface area contributed by atoms with Crippen LogP contribution < -0.4 is 5.73 Å². The van der Waals surface area contributed by atoms with Crippen molar-refractivity contribution < 1.29 is 0 Å². The minimum atomic E-state index is 0.144. The van der Waals surface area contributed by atoms with Crippen LogP contribution in [0.15, 0.2) is 29.8 Å². The zero-order valence-electron chi connectivity index (χ0n) is 12.2. The molecule has 5 heteroatoms. The monoisotopic (exact) mass is 298 g/mol. The molecule has 0 aromatic carbocycles. The first-order chi connectivity index (χ1) is 10.2. The van der Waals surface area contributed by atoms with Gasteiger partial charge in [-0.25, -0.2) is 9.97 Å². The maximum atomic E-state index is 6.03. The molecule has 0 saturated carbocycles. The molecule has 0 spiro atoms. The summed E-state index contributed by atoms with van der Waals surface area (Å²) >= 11 is 1.68. The average molecular weight is 298 g/mol. The molecule has 3 rings (SSSR count). The van der Waals surface area contributed by atoms with E-state index in [9.17, 15) is 0 Å². The topological polar surface area (TPSA) is 64.7 Å². The van der Waals surface area contributed by atoms with Crippen LogP contribution in [0.4, 0.5) is 0 Å². The number of aryl methyl sites for hydroxylation is 1. The van der Waals surface area contributed by atoms with Gasteiger partial charge < -0.3 is 5.73 Å². The first-order valence-electron chi connectivity index (χ1n) is 7.09. The van der Waals surface area contributed by atoms with Gasteiger partial charge in [0, 0.05) is 35.6 Å². The molecule has 0 saturated heterocycles. The van der Waals surface area contributed by atoms with Crippen molar-refractivity contribution in [1.82, 2.24) is 15.0 Å². The van der Waals surface area contributed by atoms with Gasteiger partial charge in [0.2, 0.25) is 0 Å². The second-order valence-corrected chi connectivity index (χ2v) is 6.17. The van der Waals surface area contributed by atoms with Crippen LogP contribution in [0.5, 0.6) is 0 Å². The number of nitrogens with two attached hydrogens (primary N) is 1. The standard InChI is InChI=1S/C16H18N4S/c1-3-12(17)8-13-6-10(2)19-16(20-13)11-7-15-14(18-9-11)4-5-21-15/h4-7,9,12H,3,8,17H2,1-2H3. The van der Waals surface area contributed by atoms with Gasteiger partial charge in [-0.2, -0.15) is 0 Å². The maximum absolute atomic E-state index is 6.03. The van der Waals surface area contributed by atoms with E-state index in [1.807, 2.05) is 30.6 Å². The summed E-state index contributed by atoms with van der Waals surface area (Å²) in [6, 6.07) is 6.28. The van der Waals surface area contributed by atoms with E-state index in [-0.39, 0.29) is 6.04 Å². The van der Waals surface area contributed by atoms with Crippen molar-refractivity contribution >= 4 is 21.6 Å². The van der Waals surface area contributed by atoms with Gasteiger partial charge in [-0.05, 0) is 36.9 Å². The Hall–Kier alpha value is -1.85. The lowest BCUT2D eigenvalue weighted by atomic mass is 10.1. The predicted octanol–water partition coefficient (Wildman–Crippen LogP) is 3.34. The third kappa shape index (κ3) is 3.09. The molecule has 0 bridgehead atoms. The molecule has 0 radical (unpaired) electrons. The molecule has 2 N–H and O–H groups in total. The zero-order chi connectivity index (χ0) is 14.8. The summed E-state index contributed by atoms with van der Waals surface area (Å²) in [4.78, 5) is 13.7. The number of rotatable bonds is 4. The van der Waals surface area contributed by atoms with E-state index in [2.05, 4.69) is 27.9 Å². The molecular formula is C16H18N4S. The van der Waals surface area contributed by atoms with Gasteiger partial charge in [-0.15, -0.1) is 11.3 Å². The fourth-order valence-electron chi connectivity index (χ4n) is 2.25. The number of hydrogen-bond donors (Lipinski definition) is 1. The van der Waals surface area contributed by atoms with Crippen LogP contribution in [0.2, 0.25) is 0 Å². The summed E-state index contributed by atoms with van der Waals surface area (Å²) in [5.74, 6) is 0.733. The first kappa shape index (κ1) is 14.1. The summed E-state index contributed by atoms with van der Waals surface area (Å²) in [7, 11) is 0. The van der Waals surface area contributed by atoms with Gasteiger partial charge in [-0.1, -0.05) is 6.92 Å². The number of aromatic nitrogens is 3. The van der Waals surface area contributed by atoms with Crippen molar-refractivity contribution in [2.75, 3.05) is 0 Å². The fourth-order valence-corrected chi connectivity index (χ4v) is 3.03. The lowest BCUT2D eigenvalue weighted by Gasteiger charge is -2.10. The Balaban J connectivity index is 2.00. The van der Waals surface area contributed by atoms with Gasteiger partial charge in [-0.3, -0.25) is 4.98 Å². The molecular weight excluding hydrogens is 280 g/mol. The second kappa shape index (κ2) is 5.87. The van der Waals surface area contributed by atoms with Crippen LogP contribution in [0, 0.1) is 6.92 Å². The Morgan fingerprint density at radius 1 is 1.29 bits per heavy atom. The van der Waals surface area contributed by atoms with Crippen LogP contribution in [-0.2, 0) is 6.42 Å². The van der Waals surface area contributed by atoms with Crippen LogP contribution in [0.3, 0.4) is 0 Å². The molecule has 3 heterocycles. The second-order valence-electron chi connectivity index (χ2n) is 5.22. The third-order valence-electron chi connectivity index (χ3n) is 3.46. The van der Waals surface area contributed by atoms with Crippen LogP contribution in [0.25, 0.3) is 21.6 Å². The van der Waals surface area contributed by atoms with E-state index in [0.717, 1.165) is 45.8 Å². The van der Waals surface area contributed by atoms with Crippen molar-refractivity contribution in [2.24, 2.45) is 5.73 Å². The Kier molecular flexibility index (Phi) is 3.94. The quantitative estimate of drug-likeness (QED) is 0.802. The van der Waals surface area contributed by atoms with Gasteiger partial charge in [0.1, 0.15) is 0 Å². The van der Waals surface area contributed by atoms with Crippen molar-refractivity contribution in [3.8, 4) is 11.4 Å². The maximum Gasteiger partial charge on any atom is 0.161 e. The first-order valence-corrected chi connectivity index (χ1v) is 7.97. The molecule has 0 amide bonds. The molecule has 3 aromatic heterocycles. The van der Waals surface area contributed by atoms with Crippen LogP contribution >= 0.6 is 11.3 Å². The number of pyridine rings is 1. The molecule has 1 unspecified atom stereocenters. The van der Waals surface area contributed by atoms with E-state index >= 15 is 0 Å². The summed E-state index contributed by atoms with van der Waals surface area (Å²) < 4.78 is 1.16. The van der Waals surface area contributed by atoms with Gasteiger partial charge in [0.15, 0.2) is 5.82 Å². The summed E-state index contributed by atoms with van der Waals surface area (Å²) in [5.41, 5.74) is 9.97. The predicted molar refractivity (Wildman–Crippen MR) is 87.4 cm³/mol. The van der Waals surface area contributed by atoms with E-state index in [1.54, 1.807) is 11.3 Å². The number of thiophene rings is 1. The van der Waals surface area contributed by atoms with Crippen molar-refractivity contribution in [1.29, 1.82) is 0 Å². The highest BCUT2D eigenvalue weighted by Gasteiger charge is 2.09. The van der Waals surface area contributed by atoms with Crippen molar-refractivity contribution in [3.05, 3.63) is 41.2 Å². The smallest absolute Gasteiger partial charge is 0.161 e. The Labute approximate surface area is 128 Å². The number of hydrogen-bond acceptors (Lipinski definition) is 5. The van der Waals surface area contributed by atoms with E-state index in [4.69, 9.17) is 5.73 Å². The van der Waals surface area contributed by atoms with E-state index in [1.165, 1.54) is 0 Å². The molecule has 0 aliphatic rings. The Bertz CT molecular complexity index is 766. The summed E-state index contributed by atoms with van der Waals surface area (Å²) in [6.45, 7) is 4.08. The fraction of sp³-hybridized carbons (Fsp3) is 0.312. The minimum absolute atomic E-state index is 0.144. The minimum Gasteiger partial charge on any atom is -0.327 e. The highest BCUT2D eigenvalue weighted by atomic mass is 32.1. The largest absolute Gasteiger partial charge is 0.327 e. The van der Waals surface area contributed by atoms with Crippen molar-refractivity contribution in [2.45, 2.75) is 32.7 Å².